The molecule has 2 N–H and O–H groups in total. The number of carbonyl (C=O) groups excluding carboxylic acids is 1. The number of nitrogens with two attached hydrogens (primary N) is 1. The minimum absolute atomic E-state index is 0.134. The Bertz CT molecular complexity index is 651. The van der Waals surface area contributed by atoms with Crippen LogP contribution in [0.4, 0.5) is 0 Å². The maximum atomic E-state index is 12.7. The summed E-state index contributed by atoms with van der Waals surface area (Å²) in [6, 6.07) is 16.0. The molecule has 108 valence electrons. The fraction of sp³-hybridized carbons (Fsp3) is 0.278. The highest BCUT2D eigenvalue weighted by atomic mass is 16.2. The molecule has 0 spiro atoms. The van der Waals surface area contributed by atoms with Gasteiger partial charge in [-0.2, -0.15) is 0 Å². The third-order valence-corrected chi connectivity index (χ3v) is 4.11. The van der Waals surface area contributed by atoms with Crippen LogP contribution in [-0.4, -0.2) is 17.4 Å². The Kier molecular flexibility index (Phi) is 4.02. The van der Waals surface area contributed by atoms with E-state index >= 15 is 0 Å². The van der Waals surface area contributed by atoms with E-state index in [1.54, 1.807) is 0 Å². The van der Waals surface area contributed by atoms with Crippen LogP contribution in [0.15, 0.2) is 48.5 Å². The van der Waals surface area contributed by atoms with Gasteiger partial charge >= 0.3 is 0 Å². The standard InChI is InChI=1S/C18H20N2O/c19-12-15-7-1-2-8-16(15)13-20-11-5-9-14-6-3-4-10-17(14)18(20)21/h1-4,6-8,10H,5,9,11-13,19H2. The molecule has 1 amide bonds. The first kappa shape index (κ1) is 13.8. The largest absolute Gasteiger partial charge is 0.334 e. The second kappa shape index (κ2) is 6.10. The van der Waals surface area contributed by atoms with Gasteiger partial charge in [-0.05, 0) is 35.6 Å². The van der Waals surface area contributed by atoms with Gasteiger partial charge in [0.15, 0.2) is 0 Å². The van der Waals surface area contributed by atoms with Crippen molar-refractivity contribution in [3.8, 4) is 0 Å². The molecule has 0 radical (unpaired) electrons. The van der Waals surface area contributed by atoms with Crippen molar-refractivity contribution in [1.29, 1.82) is 0 Å². The number of hydrogen-bond donors (Lipinski definition) is 1. The van der Waals surface area contributed by atoms with Crippen molar-refractivity contribution in [2.24, 2.45) is 5.73 Å². The van der Waals surface area contributed by atoms with Gasteiger partial charge in [0, 0.05) is 25.2 Å². The van der Waals surface area contributed by atoms with Gasteiger partial charge in [0.25, 0.3) is 5.91 Å². The molecule has 0 aromatic heterocycles. The summed E-state index contributed by atoms with van der Waals surface area (Å²) in [6.07, 6.45) is 1.98. The molecule has 3 rings (SSSR count). The van der Waals surface area contributed by atoms with Crippen molar-refractivity contribution in [3.63, 3.8) is 0 Å². The van der Waals surface area contributed by atoms with E-state index in [1.165, 1.54) is 0 Å². The van der Waals surface area contributed by atoms with E-state index in [0.717, 1.165) is 41.6 Å². The van der Waals surface area contributed by atoms with Gasteiger partial charge in [-0.25, -0.2) is 0 Å². The van der Waals surface area contributed by atoms with E-state index in [1.807, 2.05) is 41.3 Å². The minimum Gasteiger partial charge on any atom is -0.334 e. The predicted molar refractivity (Wildman–Crippen MR) is 83.8 cm³/mol. The summed E-state index contributed by atoms with van der Waals surface area (Å²) in [6.45, 7) is 1.95. The quantitative estimate of drug-likeness (QED) is 0.939. The fourth-order valence-electron chi connectivity index (χ4n) is 2.95. The maximum absolute atomic E-state index is 12.7. The number of fused-ring (bicyclic) bond motifs is 1. The van der Waals surface area contributed by atoms with Crippen LogP contribution >= 0.6 is 0 Å². The highest BCUT2D eigenvalue weighted by molar-refractivity contribution is 5.96. The van der Waals surface area contributed by atoms with Gasteiger partial charge in [0.1, 0.15) is 0 Å². The van der Waals surface area contributed by atoms with Gasteiger partial charge in [-0.3, -0.25) is 4.79 Å². The maximum Gasteiger partial charge on any atom is 0.254 e. The third kappa shape index (κ3) is 2.83. The zero-order valence-electron chi connectivity index (χ0n) is 12.1. The minimum atomic E-state index is 0.134. The molecule has 1 heterocycles. The Labute approximate surface area is 125 Å². The van der Waals surface area contributed by atoms with E-state index in [-0.39, 0.29) is 5.91 Å². The molecule has 1 aliphatic rings. The molecule has 0 saturated heterocycles. The Hall–Kier alpha value is -2.13. The van der Waals surface area contributed by atoms with Crippen LogP contribution in [0.1, 0.15) is 33.5 Å². The normalized spacial score (nSPS) is 14.7. The van der Waals surface area contributed by atoms with Gasteiger partial charge in [-0.15, -0.1) is 0 Å². The van der Waals surface area contributed by atoms with Crippen LogP contribution in [0.2, 0.25) is 0 Å². The molecule has 0 fully saturated rings. The number of carbonyl (C=O) groups is 1. The summed E-state index contributed by atoms with van der Waals surface area (Å²) >= 11 is 0. The summed E-state index contributed by atoms with van der Waals surface area (Å²) in [5, 5.41) is 0. The molecule has 2 aromatic carbocycles. The van der Waals surface area contributed by atoms with Crippen LogP contribution in [0.25, 0.3) is 0 Å². The van der Waals surface area contributed by atoms with Crippen molar-refractivity contribution < 1.29 is 4.79 Å². The first-order valence-corrected chi connectivity index (χ1v) is 7.43. The molecular weight excluding hydrogens is 260 g/mol. The number of amides is 1. The van der Waals surface area contributed by atoms with E-state index in [0.29, 0.717) is 13.1 Å². The highest BCUT2D eigenvalue weighted by Gasteiger charge is 2.22. The SMILES string of the molecule is NCc1ccccc1CN1CCCc2ccccc2C1=O. The lowest BCUT2D eigenvalue weighted by molar-refractivity contribution is 0.0748. The molecule has 0 saturated carbocycles. The lowest BCUT2D eigenvalue weighted by Gasteiger charge is -2.22. The summed E-state index contributed by atoms with van der Waals surface area (Å²) < 4.78 is 0. The summed E-state index contributed by atoms with van der Waals surface area (Å²) in [5.74, 6) is 0.134. The third-order valence-electron chi connectivity index (χ3n) is 4.11. The average molecular weight is 280 g/mol. The summed E-state index contributed by atoms with van der Waals surface area (Å²) in [7, 11) is 0. The van der Waals surface area contributed by atoms with Crippen molar-refractivity contribution >= 4 is 5.91 Å². The van der Waals surface area contributed by atoms with E-state index in [9.17, 15) is 4.79 Å². The van der Waals surface area contributed by atoms with E-state index in [4.69, 9.17) is 5.73 Å². The van der Waals surface area contributed by atoms with Crippen molar-refractivity contribution in [2.75, 3.05) is 6.54 Å². The molecule has 3 heteroatoms. The predicted octanol–water partition coefficient (Wildman–Crippen LogP) is 2.73. The molecule has 3 nitrogen and oxygen atoms in total. The Morgan fingerprint density at radius 2 is 1.71 bits per heavy atom. The average Bonchev–Trinajstić information content (AvgIpc) is 2.68. The summed E-state index contributed by atoms with van der Waals surface area (Å²) in [4.78, 5) is 14.7. The Balaban J connectivity index is 1.88. The van der Waals surface area contributed by atoms with Crippen LogP contribution in [0.3, 0.4) is 0 Å². The fourth-order valence-corrected chi connectivity index (χ4v) is 2.95. The summed E-state index contributed by atoms with van der Waals surface area (Å²) in [5.41, 5.74) is 10.1. The first-order chi connectivity index (χ1) is 10.3. The van der Waals surface area contributed by atoms with Crippen LogP contribution in [-0.2, 0) is 19.5 Å². The van der Waals surface area contributed by atoms with Gasteiger partial charge in [-0.1, -0.05) is 42.5 Å². The van der Waals surface area contributed by atoms with Crippen molar-refractivity contribution in [1.82, 2.24) is 4.90 Å². The number of rotatable bonds is 3. The van der Waals surface area contributed by atoms with Crippen LogP contribution in [0, 0.1) is 0 Å². The molecule has 0 bridgehead atoms. The monoisotopic (exact) mass is 280 g/mol. The second-order valence-electron chi connectivity index (χ2n) is 5.46. The number of aryl methyl sites for hydroxylation is 1. The molecule has 2 aromatic rings. The molecule has 0 unspecified atom stereocenters. The highest BCUT2D eigenvalue weighted by Crippen LogP contribution is 2.21. The Morgan fingerprint density at radius 3 is 2.52 bits per heavy atom. The molecule has 0 aliphatic carbocycles. The van der Waals surface area contributed by atoms with Crippen molar-refractivity contribution in [2.45, 2.75) is 25.9 Å². The second-order valence-corrected chi connectivity index (χ2v) is 5.46. The molecule has 21 heavy (non-hydrogen) atoms. The van der Waals surface area contributed by atoms with Crippen LogP contribution < -0.4 is 5.73 Å². The lowest BCUT2D eigenvalue weighted by Crippen LogP contribution is -2.31. The van der Waals surface area contributed by atoms with Gasteiger partial charge in [0.2, 0.25) is 0 Å². The van der Waals surface area contributed by atoms with Crippen LogP contribution in [0.5, 0.6) is 0 Å². The molecule has 0 atom stereocenters. The first-order valence-electron chi connectivity index (χ1n) is 7.43. The van der Waals surface area contributed by atoms with Gasteiger partial charge < -0.3 is 10.6 Å². The Morgan fingerprint density at radius 1 is 1.00 bits per heavy atom. The number of benzene rings is 2. The lowest BCUT2D eigenvalue weighted by atomic mass is 10.0. The van der Waals surface area contributed by atoms with E-state index in [2.05, 4.69) is 12.1 Å². The molecule has 1 aliphatic heterocycles. The molecular formula is C18H20N2O. The smallest absolute Gasteiger partial charge is 0.254 e. The zero-order valence-corrected chi connectivity index (χ0v) is 12.1. The topological polar surface area (TPSA) is 46.3 Å². The number of nitrogens with zero attached hydrogens (tertiary/aromatic N) is 1. The van der Waals surface area contributed by atoms with Crippen molar-refractivity contribution in [3.05, 3.63) is 70.8 Å². The van der Waals surface area contributed by atoms with E-state index < -0.39 is 0 Å². The van der Waals surface area contributed by atoms with Gasteiger partial charge in [0.05, 0.1) is 0 Å². The zero-order chi connectivity index (χ0) is 14.7. The number of hydrogen-bond acceptors (Lipinski definition) is 2.